The average Bonchev–Trinajstić information content (AvgIpc) is 3.81. The largest absolute Gasteiger partial charge is 0.294 e. The van der Waals surface area contributed by atoms with Crippen molar-refractivity contribution in [1.29, 1.82) is 0 Å². The third kappa shape index (κ3) is 3.83. The summed E-state index contributed by atoms with van der Waals surface area (Å²) in [4.78, 5) is 15.6. The van der Waals surface area contributed by atoms with E-state index in [9.17, 15) is 0 Å². The Morgan fingerprint density at radius 1 is 0.469 bits per heavy atom. The SMILES string of the molecule is c1ccc(-n2c3ccccc3c3cc4c(cc32)c2ccccc2n4-c2nc(-c3ccc4ccccc4c3)c3sc4ccccc4c3n2)nc1. The fourth-order valence-corrected chi connectivity index (χ4v) is 8.74. The van der Waals surface area contributed by atoms with Crippen molar-refractivity contribution < 1.29 is 0 Å². The molecule has 0 aliphatic carbocycles. The molecule has 0 N–H and O–H groups in total. The Morgan fingerprint density at radius 3 is 1.90 bits per heavy atom. The van der Waals surface area contributed by atoms with Gasteiger partial charge in [-0.2, -0.15) is 0 Å². The highest BCUT2D eigenvalue weighted by molar-refractivity contribution is 7.26. The number of rotatable bonds is 3. The fraction of sp³-hybridized carbons (Fsp3) is 0. The molecule has 5 heterocycles. The summed E-state index contributed by atoms with van der Waals surface area (Å²) >= 11 is 1.76. The molecule has 0 radical (unpaired) electrons. The second-order valence-corrected chi connectivity index (χ2v) is 13.5. The van der Waals surface area contributed by atoms with Crippen LogP contribution in [-0.2, 0) is 0 Å². The normalized spacial score (nSPS) is 12.1. The minimum Gasteiger partial charge on any atom is -0.294 e. The fourth-order valence-electron chi connectivity index (χ4n) is 7.59. The second-order valence-electron chi connectivity index (χ2n) is 12.5. The van der Waals surface area contributed by atoms with Gasteiger partial charge in [0.15, 0.2) is 0 Å². The van der Waals surface area contributed by atoms with Gasteiger partial charge in [-0.05, 0) is 59.3 Å². The highest BCUT2D eigenvalue weighted by atomic mass is 32.1. The van der Waals surface area contributed by atoms with Gasteiger partial charge in [-0.1, -0.05) is 97.1 Å². The van der Waals surface area contributed by atoms with Gasteiger partial charge in [0.1, 0.15) is 5.82 Å². The second kappa shape index (κ2) is 10.1. The maximum atomic E-state index is 5.46. The molecule has 0 atom stereocenters. The standard InChI is InChI=1S/C43H25N5S/c1-2-12-27-23-28(21-20-26(27)11-1)40-42-41(31-15-5-8-18-38(31)49-42)46-43(45-40)48-35-17-7-4-14-30(35)33-24-36-32(25-37(33)48)29-13-3-6-16-34(29)47(36)39-19-9-10-22-44-39/h1-25H. The van der Waals surface area contributed by atoms with E-state index in [1.807, 2.05) is 18.3 Å². The number of aromatic nitrogens is 5. The van der Waals surface area contributed by atoms with E-state index < -0.39 is 0 Å². The number of para-hydroxylation sites is 2. The first-order chi connectivity index (χ1) is 24.3. The van der Waals surface area contributed by atoms with Crippen LogP contribution in [0.3, 0.4) is 0 Å². The monoisotopic (exact) mass is 643 g/mol. The van der Waals surface area contributed by atoms with Crippen LogP contribution in [0.25, 0.3) is 97.7 Å². The highest BCUT2D eigenvalue weighted by Gasteiger charge is 2.22. The van der Waals surface area contributed by atoms with Gasteiger partial charge in [0.05, 0.1) is 38.0 Å². The van der Waals surface area contributed by atoms with Crippen molar-refractivity contribution in [2.45, 2.75) is 0 Å². The predicted molar refractivity (Wildman–Crippen MR) is 204 cm³/mol. The molecular formula is C43H25N5S. The van der Waals surface area contributed by atoms with E-state index >= 15 is 0 Å². The molecule has 0 saturated carbocycles. The van der Waals surface area contributed by atoms with Crippen molar-refractivity contribution in [1.82, 2.24) is 24.1 Å². The number of fused-ring (bicyclic) bond motifs is 10. The summed E-state index contributed by atoms with van der Waals surface area (Å²) in [5.74, 6) is 1.56. The molecule has 49 heavy (non-hydrogen) atoms. The topological polar surface area (TPSA) is 48.5 Å². The van der Waals surface area contributed by atoms with Crippen molar-refractivity contribution in [2.75, 3.05) is 0 Å². The Kier molecular flexibility index (Phi) is 5.48. The van der Waals surface area contributed by atoms with Gasteiger partial charge < -0.3 is 0 Å². The Morgan fingerprint density at radius 2 is 1.12 bits per heavy atom. The molecule has 0 spiro atoms. The molecule has 228 valence electrons. The van der Waals surface area contributed by atoms with E-state index in [1.54, 1.807) is 11.3 Å². The van der Waals surface area contributed by atoms with E-state index in [-0.39, 0.29) is 0 Å². The van der Waals surface area contributed by atoms with Gasteiger partial charge >= 0.3 is 0 Å². The zero-order chi connectivity index (χ0) is 32.1. The Bertz CT molecular complexity index is 3110. The van der Waals surface area contributed by atoms with Crippen LogP contribution in [0.1, 0.15) is 0 Å². The summed E-state index contributed by atoms with van der Waals surface area (Å²) in [5, 5.41) is 8.20. The zero-order valence-corrected chi connectivity index (χ0v) is 26.9. The number of nitrogens with zero attached hydrogens (tertiary/aromatic N) is 5. The minimum atomic E-state index is 0.665. The van der Waals surface area contributed by atoms with Crippen LogP contribution in [0.2, 0.25) is 0 Å². The van der Waals surface area contributed by atoms with Crippen LogP contribution in [0, 0.1) is 0 Å². The number of hydrogen-bond acceptors (Lipinski definition) is 4. The lowest BCUT2D eigenvalue weighted by atomic mass is 10.0. The first kappa shape index (κ1) is 26.7. The van der Waals surface area contributed by atoms with Crippen molar-refractivity contribution in [3.8, 4) is 23.0 Å². The van der Waals surface area contributed by atoms with Crippen molar-refractivity contribution in [2.24, 2.45) is 0 Å². The molecule has 0 amide bonds. The van der Waals surface area contributed by atoms with Crippen molar-refractivity contribution in [3.63, 3.8) is 0 Å². The van der Waals surface area contributed by atoms with Crippen molar-refractivity contribution in [3.05, 3.63) is 152 Å². The highest BCUT2D eigenvalue weighted by Crippen LogP contribution is 2.42. The maximum absolute atomic E-state index is 5.46. The van der Waals surface area contributed by atoms with Crippen LogP contribution in [0.5, 0.6) is 0 Å². The summed E-state index contributed by atoms with van der Waals surface area (Å²) in [6.45, 7) is 0. The van der Waals surface area contributed by atoms with E-state index in [4.69, 9.17) is 15.0 Å². The lowest BCUT2D eigenvalue weighted by Crippen LogP contribution is -2.02. The van der Waals surface area contributed by atoms with Gasteiger partial charge in [0, 0.05) is 43.4 Å². The van der Waals surface area contributed by atoms with E-state index in [1.165, 1.54) is 20.9 Å². The third-order valence-corrected chi connectivity index (χ3v) is 10.9. The molecule has 5 aromatic heterocycles. The average molecular weight is 644 g/mol. The van der Waals surface area contributed by atoms with Crippen LogP contribution in [-0.4, -0.2) is 24.1 Å². The van der Waals surface area contributed by atoms with Crippen LogP contribution in [0.4, 0.5) is 0 Å². The Hall–Kier alpha value is -6.37. The summed E-state index contributed by atoms with van der Waals surface area (Å²) in [6.07, 6.45) is 1.86. The Balaban J connectivity index is 1.27. The number of hydrogen-bond donors (Lipinski definition) is 0. The molecular weight excluding hydrogens is 619 g/mol. The molecule has 0 unspecified atom stereocenters. The third-order valence-electron chi connectivity index (χ3n) is 9.78. The molecule has 6 heteroatoms. The van der Waals surface area contributed by atoms with Gasteiger partial charge in [0.2, 0.25) is 5.95 Å². The molecule has 0 aliphatic heterocycles. The summed E-state index contributed by atoms with van der Waals surface area (Å²) in [7, 11) is 0. The van der Waals surface area contributed by atoms with E-state index in [2.05, 4.69) is 143 Å². The molecule has 5 nitrogen and oxygen atoms in total. The number of pyridine rings is 1. The first-order valence-corrected chi connectivity index (χ1v) is 17.2. The van der Waals surface area contributed by atoms with Crippen LogP contribution >= 0.6 is 11.3 Å². The molecule has 11 aromatic rings. The minimum absolute atomic E-state index is 0.665. The maximum Gasteiger partial charge on any atom is 0.235 e. The summed E-state index contributed by atoms with van der Waals surface area (Å²) < 4.78 is 6.83. The van der Waals surface area contributed by atoms with E-state index in [0.29, 0.717) is 5.95 Å². The lowest BCUT2D eigenvalue weighted by molar-refractivity contribution is 1.02. The van der Waals surface area contributed by atoms with Gasteiger partial charge in [0.25, 0.3) is 0 Å². The quantitative estimate of drug-likeness (QED) is 0.192. The van der Waals surface area contributed by atoms with Gasteiger partial charge in [-0.15, -0.1) is 11.3 Å². The summed E-state index contributed by atoms with van der Waals surface area (Å²) in [5.41, 5.74) is 7.40. The smallest absolute Gasteiger partial charge is 0.235 e. The van der Waals surface area contributed by atoms with Gasteiger partial charge in [-0.3, -0.25) is 9.13 Å². The molecule has 6 aromatic carbocycles. The lowest BCUT2D eigenvalue weighted by Gasteiger charge is -2.11. The Labute approximate surface area is 284 Å². The zero-order valence-electron chi connectivity index (χ0n) is 26.1. The van der Waals surface area contributed by atoms with Crippen molar-refractivity contribution >= 4 is 86.0 Å². The molecule has 11 rings (SSSR count). The molecule has 0 bridgehead atoms. The predicted octanol–water partition coefficient (Wildman–Crippen LogP) is 11.3. The number of thiophene rings is 1. The summed E-state index contributed by atoms with van der Waals surface area (Å²) in [6, 6.07) is 51.6. The molecule has 0 aliphatic rings. The van der Waals surface area contributed by atoms with Crippen LogP contribution < -0.4 is 0 Å². The molecule has 0 fully saturated rings. The number of benzene rings is 6. The van der Waals surface area contributed by atoms with E-state index in [0.717, 1.165) is 70.9 Å². The van der Waals surface area contributed by atoms with Gasteiger partial charge in [-0.25, -0.2) is 15.0 Å². The first-order valence-electron chi connectivity index (χ1n) is 16.4. The molecule has 0 saturated heterocycles. The van der Waals surface area contributed by atoms with Crippen LogP contribution in [0.15, 0.2) is 152 Å².